The van der Waals surface area contributed by atoms with E-state index in [1.807, 2.05) is 26.0 Å². The third-order valence-corrected chi connectivity index (χ3v) is 2.74. The first kappa shape index (κ1) is 12.8. The first-order valence-corrected chi connectivity index (χ1v) is 5.61. The van der Waals surface area contributed by atoms with Gasteiger partial charge in [0.15, 0.2) is 0 Å². The topological polar surface area (TPSA) is 49.3 Å². The first-order valence-electron chi connectivity index (χ1n) is 5.08. The van der Waals surface area contributed by atoms with Crippen molar-refractivity contribution in [2.45, 2.75) is 19.3 Å². The average molecular weight is 242 g/mol. The third-order valence-electron chi connectivity index (χ3n) is 2.50. The van der Waals surface area contributed by atoms with E-state index in [1.165, 1.54) is 0 Å². The number of hydrogen-bond acceptors (Lipinski definition) is 2. The minimum Gasteiger partial charge on any atom is -0.508 e. The minimum atomic E-state index is -0.185. The quantitative estimate of drug-likeness (QED) is 0.793. The van der Waals surface area contributed by atoms with Crippen LogP contribution in [0.5, 0.6) is 5.75 Å². The third kappa shape index (κ3) is 3.42. The molecule has 0 radical (unpaired) electrons. The molecule has 0 saturated heterocycles. The summed E-state index contributed by atoms with van der Waals surface area (Å²) < 4.78 is 0. The molecule has 0 fully saturated rings. The normalized spacial score (nSPS) is 11.2. The molecule has 4 heteroatoms. The monoisotopic (exact) mass is 241 g/mol. The Balaban J connectivity index is 2.69. The molecule has 1 amide bonds. The number of halogens is 1. The van der Waals surface area contributed by atoms with Gasteiger partial charge in [-0.15, -0.1) is 11.6 Å². The van der Waals surface area contributed by atoms with Crippen molar-refractivity contribution >= 4 is 17.5 Å². The standard InChI is InChI=1S/C12H16ClNO2/c1-12(2,8-14-11(16)7-13)9-3-5-10(15)6-4-9/h3-6,15H,7-8H2,1-2H3,(H,14,16). The largest absolute Gasteiger partial charge is 0.508 e. The summed E-state index contributed by atoms with van der Waals surface area (Å²) in [6.45, 7) is 4.56. The highest BCUT2D eigenvalue weighted by atomic mass is 35.5. The zero-order chi connectivity index (χ0) is 12.2. The molecule has 88 valence electrons. The summed E-state index contributed by atoms with van der Waals surface area (Å²) in [5.74, 6) is 0.0453. The van der Waals surface area contributed by atoms with Gasteiger partial charge in [-0.25, -0.2) is 0 Å². The van der Waals surface area contributed by atoms with Crippen LogP contribution in [0.15, 0.2) is 24.3 Å². The smallest absolute Gasteiger partial charge is 0.234 e. The molecule has 1 aromatic carbocycles. The summed E-state index contributed by atoms with van der Waals surface area (Å²) in [6.07, 6.45) is 0. The summed E-state index contributed by atoms with van der Waals surface area (Å²) in [4.78, 5) is 11.1. The van der Waals surface area contributed by atoms with Crippen LogP contribution in [-0.4, -0.2) is 23.4 Å². The highest BCUT2D eigenvalue weighted by Crippen LogP contribution is 2.24. The molecular formula is C12H16ClNO2. The van der Waals surface area contributed by atoms with Crippen molar-refractivity contribution in [3.8, 4) is 5.75 Å². The Kier molecular flexibility index (Phi) is 4.19. The molecule has 3 nitrogen and oxygen atoms in total. The van der Waals surface area contributed by atoms with Gasteiger partial charge in [-0.05, 0) is 17.7 Å². The Morgan fingerprint density at radius 3 is 2.44 bits per heavy atom. The van der Waals surface area contributed by atoms with E-state index in [4.69, 9.17) is 11.6 Å². The van der Waals surface area contributed by atoms with Gasteiger partial charge in [-0.1, -0.05) is 26.0 Å². The van der Waals surface area contributed by atoms with Crippen LogP contribution in [0.2, 0.25) is 0 Å². The van der Waals surface area contributed by atoms with E-state index in [0.717, 1.165) is 5.56 Å². The number of hydrogen-bond donors (Lipinski definition) is 2. The molecule has 0 atom stereocenters. The maximum atomic E-state index is 11.1. The predicted octanol–water partition coefficient (Wildman–Crippen LogP) is 2.02. The van der Waals surface area contributed by atoms with Crippen LogP contribution in [0.3, 0.4) is 0 Å². The van der Waals surface area contributed by atoms with Crippen LogP contribution in [0.1, 0.15) is 19.4 Å². The molecular weight excluding hydrogens is 226 g/mol. The van der Waals surface area contributed by atoms with Crippen LogP contribution in [0.4, 0.5) is 0 Å². The zero-order valence-electron chi connectivity index (χ0n) is 9.46. The van der Waals surface area contributed by atoms with E-state index in [2.05, 4.69) is 5.32 Å². The highest BCUT2D eigenvalue weighted by Gasteiger charge is 2.21. The molecule has 0 spiro atoms. The summed E-state index contributed by atoms with van der Waals surface area (Å²) in [6, 6.07) is 6.98. The average Bonchev–Trinajstić information content (AvgIpc) is 2.26. The van der Waals surface area contributed by atoms with E-state index < -0.39 is 0 Å². The molecule has 0 heterocycles. The summed E-state index contributed by atoms with van der Waals surface area (Å²) in [5.41, 5.74) is 0.871. The van der Waals surface area contributed by atoms with Gasteiger partial charge in [-0.2, -0.15) is 0 Å². The van der Waals surface area contributed by atoms with Crippen molar-refractivity contribution in [2.24, 2.45) is 0 Å². The molecule has 0 bridgehead atoms. The molecule has 0 unspecified atom stereocenters. The summed E-state index contributed by atoms with van der Waals surface area (Å²) in [7, 11) is 0. The van der Waals surface area contributed by atoms with E-state index >= 15 is 0 Å². The van der Waals surface area contributed by atoms with Gasteiger partial charge < -0.3 is 10.4 Å². The Labute approximate surface area is 100 Å². The predicted molar refractivity (Wildman–Crippen MR) is 64.9 cm³/mol. The molecule has 1 rings (SSSR count). The summed E-state index contributed by atoms with van der Waals surface area (Å²) >= 11 is 5.40. The van der Waals surface area contributed by atoms with Gasteiger partial charge in [-0.3, -0.25) is 4.79 Å². The van der Waals surface area contributed by atoms with Gasteiger partial charge in [0.25, 0.3) is 0 Å². The second-order valence-electron chi connectivity index (χ2n) is 4.34. The molecule has 2 N–H and O–H groups in total. The van der Waals surface area contributed by atoms with Gasteiger partial charge in [0.05, 0.1) is 0 Å². The number of phenols is 1. The van der Waals surface area contributed by atoms with Crippen LogP contribution >= 0.6 is 11.6 Å². The fourth-order valence-electron chi connectivity index (χ4n) is 1.38. The van der Waals surface area contributed by atoms with Crippen molar-refractivity contribution in [2.75, 3.05) is 12.4 Å². The second-order valence-corrected chi connectivity index (χ2v) is 4.61. The molecule has 1 aromatic rings. The van der Waals surface area contributed by atoms with E-state index in [9.17, 15) is 9.90 Å². The number of rotatable bonds is 4. The Morgan fingerprint density at radius 2 is 1.94 bits per heavy atom. The molecule has 0 aliphatic carbocycles. The number of benzene rings is 1. The van der Waals surface area contributed by atoms with Crippen molar-refractivity contribution in [3.05, 3.63) is 29.8 Å². The number of alkyl halides is 1. The fraction of sp³-hybridized carbons (Fsp3) is 0.417. The summed E-state index contributed by atoms with van der Waals surface area (Å²) in [5, 5.41) is 11.9. The van der Waals surface area contributed by atoms with Crippen molar-refractivity contribution < 1.29 is 9.90 Å². The van der Waals surface area contributed by atoms with Crippen molar-refractivity contribution in [1.29, 1.82) is 0 Å². The molecule has 0 aromatic heterocycles. The first-order chi connectivity index (χ1) is 7.45. The maximum absolute atomic E-state index is 11.1. The van der Waals surface area contributed by atoms with Crippen LogP contribution in [0, 0.1) is 0 Å². The number of aromatic hydroxyl groups is 1. The van der Waals surface area contributed by atoms with Crippen LogP contribution in [-0.2, 0) is 10.2 Å². The lowest BCUT2D eigenvalue weighted by Gasteiger charge is -2.25. The highest BCUT2D eigenvalue weighted by molar-refractivity contribution is 6.27. The SMILES string of the molecule is CC(C)(CNC(=O)CCl)c1ccc(O)cc1. The van der Waals surface area contributed by atoms with E-state index in [1.54, 1.807) is 12.1 Å². The number of carbonyl (C=O) groups is 1. The van der Waals surface area contributed by atoms with Gasteiger partial charge >= 0.3 is 0 Å². The van der Waals surface area contributed by atoms with Crippen molar-refractivity contribution in [3.63, 3.8) is 0 Å². The minimum absolute atomic E-state index is 0.0222. The van der Waals surface area contributed by atoms with Gasteiger partial charge in [0, 0.05) is 12.0 Å². The fourth-order valence-corrected chi connectivity index (χ4v) is 1.48. The lowest BCUT2D eigenvalue weighted by Crippen LogP contribution is -2.37. The second kappa shape index (κ2) is 5.21. The molecule has 0 aliphatic rings. The molecule has 16 heavy (non-hydrogen) atoms. The molecule has 0 saturated carbocycles. The van der Waals surface area contributed by atoms with E-state index in [-0.39, 0.29) is 23.0 Å². The van der Waals surface area contributed by atoms with Crippen LogP contribution in [0.25, 0.3) is 0 Å². The lowest BCUT2D eigenvalue weighted by molar-refractivity contribution is -0.118. The number of carbonyl (C=O) groups excluding carboxylic acids is 1. The van der Waals surface area contributed by atoms with Gasteiger partial charge in [0.2, 0.25) is 5.91 Å². The number of amides is 1. The Bertz CT molecular complexity index is 360. The zero-order valence-corrected chi connectivity index (χ0v) is 10.2. The Morgan fingerprint density at radius 1 is 1.38 bits per heavy atom. The van der Waals surface area contributed by atoms with Gasteiger partial charge in [0.1, 0.15) is 11.6 Å². The number of nitrogens with one attached hydrogen (secondary N) is 1. The number of phenolic OH excluding ortho intramolecular Hbond substituents is 1. The van der Waals surface area contributed by atoms with Crippen molar-refractivity contribution in [1.82, 2.24) is 5.32 Å². The molecule has 0 aliphatic heterocycles. The maximum Gasteiger partial charge on any atom is 0.234 e. The van der Waals surface area contributed by atoms with E-state index in [0.29, 0.717) is 6.54 Å². The lowest BCUT2D eigenvalue weighted by atomic mass is 9.84. The van der Waals surface area contributed by atoms with Crippen LogP contribution < -0.4 is 5.32 Å². The Hall–Kier alpha value is -1.22.